The number of hydrogen-bond acceptors (Lipinski definition) is 1. The van der Waals surface area contributed by atoms with E-state index in [4.69, 9.17) is 0 Å². The lowest BCUT2D eigenvalue weighted by atomic mass is 9.73. The molecule has 0 radical (unpaired) electrons. The van der Waals surface area contributed by atoms with Gasteiger partial charge in [0, 0.05) is 11.8 Å². The normalized spacial score (nSPS) is 28.6. The molecule has 0 aromatic heterocycles. The van der Waals surface area contributed by atoms with E-state index in [9.17, 15) is 4.79 Å². The van der Waals surface area contributed by atoms with E-state index >= 15 is 0 Å². The fourth-order valence-corrected chi connectivity index (χ4v) is 2.93. The summed E-state index contributed by atoms with van der Waals surface area (Å²) in [6.07, 6.45) is 13.9. The zero-order valence-corrected chi connectivity index (χ0v) is 12.8. The van der Waals surface area contributed by atoms with E-state index in [0.29, 0.717) is 11.7 Å². The monoisotopic (exact) mass is 252 g/mol. The third-order valence-corrected chi connectivity index (χ3v) is 4.99. The summed E-state index contributed by atoms with van der Waals surface area (Å²) in [5.74, 6) is 1.03. The molecule has 0 saturated heterocycles. The lowest BCUT2D eigenvalue weighted by molar-refractivity contribution is -0.129. The van der Waals surface area contributed by atoms with Crippen LogP contribution in [0, 0.1) is 11.3 Å². The zero-order valence-electron chi connectivity index (χ0n) is 12.8. The van der Waals surface area contributed by atoms with Crippen LogP contribution in [0.4, 0.5) is 0 Å². The van der Waals surface area contributed by atoms with Crippen molar-refractivity contribution < 1.29 is 4.79 Å². The Labute approximate surface area is 114 Å². The Morgan fingerprint density at radius 3 is 1.83 bits per heavy atom. The van der Waals surface area contributed by atoms with Crippen LogP contribution in [-0.2, 0) is 4.79 Å². The first kappa shape index (κ1) is 15.7. The molecular formula is C17H32O. The molecule has 1 fully saturated rings. The Morgan fingerprint density at radius 1 is 0.833 bits per heavy atom. The highest BCUT2D eigenvalue weighted by molar-refractivity contribution is 5.84. The van der Waals surface area contributed by atoms with E-state index in [-0.39, 0.29) is 5.41 Å². The lowest BCUT2D eigenvalue weighted by Crippen LogP contribution is -2.31. The van der Waals surface area contributed by atoms with Crippen LogP contribution in [0.15, 0.2) is 0 Å². The Kier molecular flexibility index (Phi) is 6.96. The van der Waals surface area contributed by atoms with Gasteiger partial charge in [-0.15, -0.1) is 0 Å². The Morgan fingerprint density at radius 2 is 1.28 bits per heavy atom. The van der Waals surface area contributed by atoms with Gasteiger partial charge in [-0.1, -0.05) is 72.1 Å². The van der Waals surface area contributed by atoms with Crippen LogP contribution >= 0.6 is 0 Å². The summed E-state index contributed by atoms with van der Waals surface area (Å²) in [5, 5.41) is 0. The summed E-state index contributed by atoms with van der Waals surface area (Å²) in [6.45, 7) is 6.58. The third kappa shape index (κ3) is 5.12. The molecule has 0 aliphatic heterocycles. The third-order valence-electron chi connectivity index (χ3n) is 4.99. The molecule has 1 rings (SSSR count). The molecule has 0 aromatic rings. The van der Waals surface area contributed by atoms with Gasteiger partial charge in [-0.2, -0.15) is 0 Å². The molecule has 0 heterocycles. The van der Waals surface area contributed by atoms with Gasteiger partial charge in [0.05, 0.1) is 0 Å². The fraction of sp³-hybridized carbons (Fsp3) is 0.941. The minimum Gasteiger partial charge on any atom is -0.299 e. The Balaban J connectivity index is 2.50. The first-order chi connectivity index (χ1) is 8.55. The summed E-state index contributed by atoms with van der Waals surface area (Å²) < 4.78 is 0. The summed E-state index contributed by atoms with van der Waals surface area (Å²) in [4.78, 5) is 12.3. The van der Waals surface area contributed by atoms with Crippen LogP contribution in [0.3, 0.4) is 0 Å². The molecule has 1 aliphatic carbocycles. The van der Waals surface area contributed by atoms with Gasteiger partial charge in [-0.25, -0.2) is 0 Å². The smallest absolute Gasteiger partial charge is 0.138 e. The molecule has 1 aliphatic rings. The van der Waals surface area contributed by atoms with Crippen molar-refractivity contribution in [2.24, 2.45) is 11.3 Å². The quantitative estimate of drug-likeness (QED) is 0.554. The number of hydrogen-bond donors (Lipinski definition) is 0. The van der Waals surface area contributed by atoms with Gasteiger partial charge in [0.25, 0.3) is 0 Å². The van der Waals surface area contributed by atoms with Crippen molar-refractivity contribution >= 4 is 5.78 Å². The summed E-state index contributed by atoms with van der Waals surface area (Å²) in [5.41, 5.74) is -0.107. The predicted molar refractivity (Wildman–Crippen MR) is 78.7 cm³/mol. The highest BCUT2D eigenvalue weighted by Crippen LogP contribution is 2.33. The van der Waals surface area contributed by atoms with Crippen molar-refractivity contribution in [1.82, 2.24) is 0 Å². The second-order valence-electron chi connectivity index (χ2n) is 6.77. The molecule has 1 nitrogen and oxygen atoms in total. The predicted octanol–water partition coefficient (Wildman–Crippen LogP) is 5.52. The standard InChI is InChI=1S/C17H32O/c1-15-13-11-9-7-5-4-6-8-10-12-14-16(18)17(15,2)3/h15H,4-14H2,1-3H3. The van der Waals surface area contributed by atoms with E-state index in [0.717, 1.165) is 12.8 Å². The van der Waals surface area contributed by atoms with E-state index < -0.39 is 0 Å². The molecule has 0 amide bonds. The minimum atomic E-state index is -0.107. The number of carbonyl (C=O) groups is 1. The molecule has 0 aromatic carbocycles. The molecule has 106 valence electrons. The number of carbonyl (C=O) groups excluding carboxylic acids is 1. The van der Waals surface area contributed by atoms with Crippen LogP contribution in [0.2, 0.25) is 0 Å². The summed E-state index contributed by atoms with van der Waals surface area (Å²) in [7, 11) is 0. The second kappa shape index (κ2) is 7.96. The first-order valence-electron chi connectivity index (χ1n) is 8.08. The van der Waals surface area contributed by atoms with Gasteiger partial charge < -0.3 is 0 Å². The topological polar surface area (TPSA) is 17.1 Å². The first-order valence-corrected chi connectivity index (χ1v) is 8.08. The maximum Gasteiger partial charge on any atom is 0.138 e. The van der Waals surface area contributed by atoms with Gasteiger partial charge >= 0.3 is 0 Å². The largest absolute Gasteiger partial charge is 0.299 e. The molecule has 18 heavy (non-hydrogen) atoms. The van der Waals surface area contributed by atoms with Crippen molar-refractivity contribution in [3.63, 3.8) is 0 Å². The van der Waals surface area contributed by atoms with Crippen molar-refractivity contribution in [3.8, 4) is 0 Å². The molecule has 1 heteroatoms. The molecule has 1 atom stereocenters. The van der Waals surface area contributed by atoms with Gasteiger partial charge in [-0.3, -0.25) is 4.79 Å². The summed E-state index contributed by atoms with van der Waals surface area (Å²) in [6, 6.07) is 0. The number of Topliss-reactive ketones (excluding diaryl/α,β-unsaturated/α-hetero) is 1. The molecular weight excluding hydrogens is 220 g/mol. The Bertz CT molecular complexity index is 242. The SMILES string of the molecule is CC1CCCCCCCCCCCC(=O)C1(C)C. The zero-order chi connectivity index (χ0) is 13.4. The summed E-state index contributed by atoms with van der Waals surface area (Å²) >= 11 is 0. The highest BCUT2D eigenvalue weighted by Gasteiger charge is 2.32. The van der Waals surface area contributed by atoms with Crippen LogP contribution in [0.1, 0.15) is 91.4 Å². The van der Waals surface area contributed by atoms with Crippen LogP contribution in [0.5, 0.6) is 0 Å². The highest BCUT2D eigenvalue weighted by atomic mass is 16.1. The van der Waals surface area contributed by atoms with E-state index in [1.54, 1.807) is 0 Å². The molecule has 0 N–H and O–H groups in total. The van der Waals surface area contributed by atoms with Gasteiger partial charge in [0.2, 0.25) is 0 Å². The van der Waals surface area contributed by atoms with Crippen molar-refractivity contribution in [3.05, 3.63) is 0 Å². The molecule has 0 spiro atoms. The molecule has 0 bridgehead atoms. The van der Waals surface area contributed by atoms with Crippen molar-refractivity contribution in [2.75, 3.05) is 0 Å². The molecule has 1 saturated carbocycles. The van der Waals surface area contributed by atoms with E-state index in [2.05, 4.69) is 20.8 Å². The van der Waals surface area contributed by atoms with Crippen LogP contribution in [0.25, 0.3) is 0 Å². The van der Waals surface area contributed by atoms with Crippen molar-refractivity contribution in [1.29, 1.82) is 0 Å². The van der Waals surface area contributed by atoms with Crippen molar-refractivity contribution in [2.45, 2.75) is 91.4 Å². The Hall–Kier alpha value is -0.330. The average molecular weight is 252 g/mol. The number of rotatable bonds is 0. The van der Waals surface area contributed by atoms with Crippen LogP contribution in [-0.4, -0.2) is 5.78 Å². The average Bonchev–Trinajstić information content (AvgIpc) is 2.34. The van der Waals surface area contributed by atoms with E-state index in [1.807, 2.05) is 0 Å². The van der Waals surface area contributed by atoms with E-state index in [1.165, 1.54) is 57.8 Å². The lowest BCUT2D eigenvalue weighted by Gasteiger charge is -2.30. The number of ketones is 1. The second-order valence-corrected chi connectivity index (χ2v) is 6.77. The van der Waals surface area contributed by atoms with Gasteiger partial charge in [-0.05, 0) is 18.8 Å². The maximum absolute atomic E-state index is 12.3. The maximum atomic E-state index is 12.3. The van der Waals surface area contributed by atoms with Gasteiger partial charge in [0.1, 0.15) is 5.78 Å². The van der Waals surface area contributed by atoms with Crippen LogP contribution < -0.4 is 0 Å². The molecule has 1 unspecified atom stereocenters. The fourth-order valence-electron chi connectivity index (χ4n) is 2.93. The minimum absolute atomic E-state index is 0.107. The van der Waals surface area contributed by atoms with Gasteiger partial charge in [0.15, 0.2) is 0 Å².